The predicted octanol–water partition coefficient (Wildman–Crippen LogP) is 3.98. The van der Waals surface area contributed by atoms with E-state index in [1.165, 1.54) is 11.1 Å². The van der Waals surface area contributed by atoms with Crippen molar-refractivity contribution in [3.63, 3.8) is 0 Å². The Morgan fingerprint density at radius 3 is 2.55 bits per heavy atom. The van der Waals surface area contributed by atoms with E-state index in [4.69, 9.17) is 14.0 Å². The predicted molar refractivity (Wildman–Crippen MR) is 125 cm³/mol. The maximum atomic E-state index is 12.9. The number of morpholine rings is 1. The Bertz CT molecular complexity index is 1050. The van der Waals surface area contributed by atoms with Crippen LogP contribution in [0.3, 0.4) is 0 Å². The van der Waals surface area contributed by atoms with Gasteiger partial charge in [0.1, 0.15) is 18.1 Å². The van der Waals surface area contributed by atoms with Crippen molar-refractivity contribution in [2.24, 2.45) is 0 Å². The molecular weight excluding hydrogens is 418 g/mol. The largest absolute Gasteiger partial charge is 0.489 e. The molecule has 1 aliphatic rings. The van der Waals surface area contributed by atoms with Crippen molar-refractivity contribution in [1.82, 2.24) is 15.4 Å². The SMILES string of the molecule is Cc1cccc(C(CNC(=O)c2ccc(OCc3c(C)noc3C)cc2)N2CCOCC2)c1. The molecule has 1 aliphatic heterocycles. The summed E-state index contributed by atoms with van der Waals surface area (Å²) in [6.45, 7) is 9.90. The minimum Gasteiger partial charge on any atom is -0.489 e. The number of aryl methyl sites for hydroxylation is 3. The molecule has 1 unspecified atom stereocenters. The molecule has 1 amide bonds. The van der Waals surface area contributed by atoms with Crippen LogP contribution in [0.4, 0.5) is 0 Å². The van der Waals surface area contributed by atoms with Gasteiger partial charge in [-0.15, -0.1) is 0 Å². The van der Waals surface area contributed by atoms with Gasteiger partial charge < -0.3 is 19.3 Å². The number of amides is 1. The summed E-state index contributed by atoms with van der Waals surface area (Å²) in [5, 5.41) is 7.06. The van der Waals surface area contributed by atoms with Crippen molar-refractivity contribution in [2.75, 3.05) is 32.8 Å². The van der Waals surface area contributed by atoms with Gasteiger partial charge >= 0.3 is 0 Å². The molecule has 1 aromatic heterocycles. The van der Waals surface area contributed by atoms with E-state index in [1.807, 2.05) is 26.0 Å². The Kier molecular flexibility index (Phi) is 7.42. The van der Waals surface area contributed by atoms with E-state index >= 15 is 0 Å². The molecule has 0 bridgehead atoms. The van der Waals surface area contributed by atoms with Crippen molar-refractivity contribution in [1.29, 1.82) is 0 Å². The fourth-order valence-electron chi connectivity index (χ4n) is 4.08. The molecule has 4 rings (SSSR count). The summed E-state index contributed by atoms with van der Waals surface area (Å²) in [5.74, 6) is 1.35. The number of carbonyl (C=O) groups is 1. The highest BCUT2D eigenvalue weighted by Crippen LogP contribution is 2.23. The molecule has 7 heteroatoms. The molecule has 2 heterocycles. The van der Waals surface area contributed by atoms with Crippen LogP contribution in [-0.4, -0.2) is 48.8 Å². The standard InChI is InChI=1S/C26H31N3O4/c1-18-5-4-6-22(15-18)25(29-11-13-31-14-12-29)16-27-26(30)21-7-9-23(10-8-21)32-17-24-19(2)28-33-20(24)3/h4-10,15,25H,11-14,16-17H2,1-3H3,(H,27,30). The highest BCUT2D eigenvalue weighted by Gasteiger charge is 2.23. The Labute approximate surface area is 194 Å². The number of ether oxygens (including phenoxy) is 2. The van der Waals surface area contributed by atoms with Gasteiger partial charge in [-0.1, -0.05) is 35.0 Å². The molecule has 174 valence electrons. The summed E-state index contributed by atoms with van der Waals surface area (Å²) < 4.78 is 16.5. The summed E-state index contributed by atoms with van der Waals surface area (Å²) in [6, 6.07) is 15.8. The van der Waals surface area contributed by atoms with Crippen molar-refractivity contribution in [3.8, 4) is 5.75 Å². The van der Waals surface area contributed by atoms with E-state index in [9.17, 15) is 4.79 Å². The van der Waals surface area contributed by atoms with Crippen molar-refractivity contribution in [3.05, 3.63) is 82.2 Å². The molecule has 7 nitrogen and oxygen atoms in total. The molecule has 1 atom stereocenters. The average molecular weight is 450 g/mol. The summed E-state index contributed by atoms with van der Waals surface area (Å²) in [7, 11) is 0. The van der Waals surface area contributed by atoms with Crippen molar-refractivity contribution < 1.29 is 18.8 Å². The van der Waals surface area contributed by atoms with Gasteiger partial charge in [-0.05, 0) is 50.6 Å². The van der Waals surface area contributed by atoms with Gasteiger partial charge in [0.15, 0.2) is 0 Å². The molecule has 1 fully saturated rings. The number of rotatable bonds is 8. The van der Waals surface area contributed by atoms with Crippen LogP contribution in [0.1, 0.15) is 44.5 Å². The number of benzene rings is 2. The molecule has 0 saturated carbocycles. The highest BCUT2D eigenvalue weighted by atomic mass is 16.5. The third kappa shape index (κ3) is 5.80. The summed E-state index contributed by atoms with van der Waals surface area (Å²) >= 11 is 0. The zero-order valence-electron chi connectivity index (χ0n) is 19.5. The third-order valence-electron chi connectivity index (χ3n) is 6.05. The smallest absolute Gasteiger partial charge is 0.251 e. The zero-order valence-corrected chi connectivity index (χ0v) is 19.5. The first-order valence-corrected chi connectivity index (χ1v) is 11.3. The molecule has 33 heavy (non-hydrogen) atoms. The molecule has 2 aromatic carbocycles. The quantitative estimate of drug-likeness (QED) is 0.561. The van der Waals surface area contributed by atoms with Crippen molar-refractivity contribution in [2.45, 2.75) is 33.4 Å². The number of aromatic nitrogens is 1. The van der Waals surface area contributed by atoms with Gasteiger partial charge in [0.05, 0.1) is 30.5 Å². The van der Waals surface area contributed by atoms with E-state index in [1.54, 1.807) is 12.1 Å². The second-order valence-corrected chi connectivity index (χ2v) is 8.40. The third-order valence-corrected chi connectivity index (χ3v) is 6.05. The fraction of sp³-hybridized carbons (Fsp3) is 0.385. The maximum absolute atomic E-state index is 12.9. The van der Waals surface area contributed by atoms with Gasteiger partial charge in [0, 0.05) is 25.2 Å². The Morgan fingerprint density at radius 2 is 1.88 bits per heavy atom. The van der Waals surface area contributed by atoms with E-state index in [-0.39, 0.29) is 11.9 Å². The van der Waals surface area contributed by atoms with Crippen molar-refractivity contribution >= 4 is 5.91 Å². The van der Waals surface area contributed by atoms with Crippen LogP contribution in [0, 0.1) is 20.8 Å². The molecule has 1 saturated heterocycles. The minimum absolute atomic E-state index is 0.0989. The van der Waals surface area contributed by atoms with Crippen LogP contribution in [0.5, 0.6) is 5.75 Å². The monoisotopic (exact) mass is 449 g/mol. The molecule has 0 radical (unpaired) electrons. The first-order valence-electron chi connectivity index (χ1n) is 11.3. The first kappa shape index (κ1) is 23.0. The van der Waals surface area contributed by atoms with Gasteiger partial charge in [-0.3, -0.25) is 9.69 Å². The number of nitrogens with zero attached hydrogens (tertiary/aromatic N) is 2. The number of hydrogen-bond donors (Lipinski definition) is 1. The molecule has 3 aromatic rings. The normalized spacial score (nSPS) is 15.2. The molecular formula is C26H31N3O4. The second-order valence-electron chi connectivity index (χ2n) is 8.40. The topological polar surface area (TPSA) is 76.8 Å². The lowest BCUT2D eigenvalue weighted by Crippen LogP contribution is -2.43. The fourth-order valence-corrected chi connectivity index (χ4v) is 4.08. The molecule has 1 N–H and O–H groups in total. The summed E-state index contributed by atoms with van der Waals surface area (Å²) in [5.41, 5.74) is 4.79. The van der Waals surface area contributed by atoms with Gasteiger partial charge in [0.25, 0.3) is 5.91 Å². The van der Waals surface area contributed by atoms with Crippen LogP contribution in [0.15, 0.2) is 53.1 Å². The lowest BCUT2D eigenvalue weighted by molar-refractivity contribution is 0.0162. The summed E-state index contributed by atoms with van der Waals surface area (Å²) in [4.78, 5) is 15.2. The molecule has 0 aliphatic carbocycles. The summed E-state index contributed by atoms with van der Waals surface area (Å²) in [6.07, 6.45) is 0. The maximum Gasteiger partial charge on any atom is 0.251 e. The van der Waals surface area contributed by atoms with Crippen LogP contribution in [-0.2, 0) is 11.3 Å². The van der Waals surface area contributed by atoms with Crippen LogP contribution in [0.2, 0.25) is 0 Å². The lowest BCUT2D eigenvalue weighted by Gasteiger charge is -2.35. The Balaban J connectivity index is 1.37. The number of carbonyl (C=O) groups excluding carboxylic acids is 1. The van der Waals surface area contributed by atoms with Crippen LogP contribution >= 0.6 is 0 Å². The van der Waals surface area contributed by atoms with E-state index < -0.39 is 0 Å². The van der Waals surface area contributed by atoms with Gasteiger partial charge in [-0.2, -0.15) is 0 Å². The first-order chi connectivity index (χ1) is 16.0. The minimum atomic E-state index is -0.0989. The highest BCUT2D eigenvalue weighted by molar-refractivity contribution is 5.94. The molecule has 0 spiro atoms. The van der Waals surface area contributed by atoms with E-state index in [0.717, 1.165) is 30.1 Å². The van der Waals surface area contributed by atoms with Crippen LogP contribution < -0.4 is 10.1 Å². The van der Waals surface area contributed by atoms with E-state index in [0.29, 0.717) is 37.7 Å². The van der Waals surface area contributed by atoms with Gasteiger partial charge in [0.2, 0.25) is 0 Å². The zero-order chi connectivity index (χ0) is 23.2. The van der Waals surface area contributed by atoms with Crippen LogP contribution in [0.25, 0.3) is 0 Å². The average Bonchev–Trinajstić information content (AvgIpc) is 3.16. The lowest BCUT2D eigenvalue weighted by atomic mass is 10.0. The Morgan fingerprint density at radius 1 is 1.12 bits per heavy atom. The number of nitrogens with one attached hydrogen (secondary N) is 1. The Hall–Kier alpha value is -3.16. The van der Waals surface area contributed by atoms with E-state index in [2.05, 4.69) is 46.6 Å². The number of hydrogen-bond acceptors (Lipinski definition) is 6. The van der Waals surface area contributed by atoms with Gasteiger partial charge in [-0.25, -0.2) is 0 Å². The second kappa shape index (κ2) is 10.6.